The van der Waals surface area contributed by atoms with Gasteiger partial charge in [-0.1, -0.05) is 31.2 Å². The van der Waals surface area contributed by atoms with Crippen molar-refractivity contribution < 1.29 is 14.7 Å². The second kappa shape index (κ2) is 7.98. The van der Waals surface area contributed by atoms with E-state index < -0.39 is 0 Å². The van der Waals surface area contributed by atoms with E-state index >= 15 is 0 Å². The van der Waals surface area contributed by atoms with Gasteiger partial charge in [0.1, 0.15) is 17.4 Å². The molecule has 7 nitrogen and oxygen atoms in total. The summed E-state index contributed by atoms with van der Waals surface area (Å²) in [6, 6.07) is 11.8. The minimum Gasteiger partial charge on any atom is -0.393 e. The molecule has 2 aliphatic carbocycles. The van der Waals surface area contributed by atoms with Gasteiger partial charge in [-0.2, -0.15) is 0 Å². The molecule has 1 aromatic carbocycles. The van der Waals surface area contributed by atoms with Gasteiger partial charge in [0, 0.05) is 34.9 Å². The van der Waals surface area contributed by atoms with E-state index in [2.05, 4.69) is 28.3 Å². The number of benzene rings is 1. The lowest BCUT2D eigenvalue weighted by atomic mass is 9.78. The number of pyridine rings is 2. The van der Waals surface area contributed by atoms with E-state index in [9.17, 15) is 14.7 Å². The van der Waals surface area contributed by atoms with E-state index in [-0.39, 0.29) is 35.5 Å². The fourth-order valence-electron chi connectivity index (χ4n) is 4.60. The number of aliphatic hydroxyl groups is 1. The number of aryl methyl sites for hydroxylation is 1. The van der Waals surface area contributed by atoms with Gasteiger partial charge in [0.2, 0.25) is 5.91 Å². The normalized spacial score (nSPS) is 24.1. The van der Waals surface area contributed by atoms with Crippen LogP contribution in [-0.2, 0) is 16.0 Å². The molecule has 7 heteroatoms. The number of ketones is 1. The second-order valence-corrected chi connectivity index (χ2v) is 8.86. The van der Waals surface area contributed by atoms with Gasteiger partial charge in [-0.05, 0) is 48.8 Å². The summed E-state index contributed by atoms with van der Waals surface area (Å²) in [7, 11) is 0. The van der Waals surface area contributed by atoms with Crippen molar-refractivity contribution in [3.05, 3.63) is 48.2 Å². The van der Waals surface area contributed by atoms with Gasteiger partial charge in [-0.25, -0.2) is 9.97 Å². The Labute approximate surface area is 186 Å². The summed E-state index contributed by atoms with van der Waals surface area (Å²) in [6.07, 6.45) is 3.75. The summed E-state index contributed by atoms with van der Waals surface area (Å²) < 4.78 is 0. The maximum atomic E-state index is 12.7. The van der Waals surface area contributed by atoms with Crippen LogP contribution in [0.15, 0.2) is 42.6 Å². The smallest absolute Gasteiger partial charge is 0.229 e. The number of aromatic nitrogens is 2. The van der Waals surface area contributed by atoms with E-state index in [1.54, 1.807) is 12.3 Å². The topological polar surface area (TPSA) is 118 Å². The first kappa shape index (κ1) is 20.6. The van der Waals surface area contributed by atoms with Crippen molar-refractivity contribution in [3.63, 3.8) is 0 Å². The Morgan fingerprint density at radius 3 is 2.69 bits per heavy atom. The average molecular weight is 431 g/mol. The summed E-state index contributed by atoms with van der Waals surface area (Å²) >= 11 is 0. The van der Waals surface area contributed by atoms with Gasteiger partial charge >= 0.3 is 0 Å². The number of carbonyl (C=O) groups excluding carboxylic acids is 2. The van der Waals surface area contributed by atoms with Crippen molar-refractivity contribution in [2.45, 2.75) is 38.7 Å². The predicted octanol–water partition coefficient (Wildman–Crippen LogP) is 3.36. The third kappa shape index (κ3) is 3.73. The fourth-order valence-corrected chi connectivity index (χ4v) is 4.60. The first-order chi connectivity index (χ1) is 15.4. The third-order valence-corrected chi connectivity index (χ3v) is 6.68. The first-order valence-electron chi connectivity index (χ1n) is 11.1. The standard InChI is InChI=1S/C25H26N4O3/c1-2-13-5-3-4-6-17(13)21-9-14-10-22(27-12-20(14)24(26)28-21)29-25(32)19-11-18(19)23(31)15-7-16(30)8-15/h3-6,9-10,12,15-16,18-19,30H,2,7-8,11H2,1H3,(H2,26,28)(H,27,29,32)/t15?,16?,18-,19-/m1/s1. The van der Waals surface area contributed by atoms with Crippen LogP contribution in [-0.4, -0.2) is 32.9 Å². The Balaban J connectivity index is 1.35. The molecule has 4 N–H and O–H groups in total. The lowest BCUT2D eigenvalue weighted by Gasteiger charge is -2.30. The van der Waals surface area contributed by atoms with Gasteiger partial charge in [0.15, 0.2) is 0 Å². The zero-order chi connectivity index (χ0) is 22.4. The van der Waals surface area contributed by atoms with Crippen LogP contribution >= 0.6 is 0 Å². The Bertz CT molecular complexity index is 1220. The molecule has 2 atom stereocenters. The molecular formula is C25H26N4O3. The number of carbonyl (C=O) groups is 2. The number of hydrogen-bond acceptors (Lipinski definition) is 6. The highest BCUT2D eigenvalue weighted by Gasteiger charge is 2.51. The van der Waals surface area contributed by atoms with E-state index in [0.29, 0.717) is 30.9 Å². The van der Waals surface area contributed by atoms with Crippen molar-refractivity contribution in [3.8, 4) is 11.3 Å². The summed E-state index contributed by atoms with van der Waals surface area (Å²) in [5, 5.41) is 13.8. The molecule has 0 saturated heterocycles. The Morgan fingerprint density at radius 1 is 1.16 bits per heavy atom. The molecule has 0 aliphatic heterocycles. The maximum absolute atomic E-state index is 12.7. The number of nitrogen functional groups attached to an aromatic ring is 1. The van der Waals surface area contributed by atoms with Crippen LogP contribution in [0.25, 0.3) is 22.0 Å². The monoisotopic (exact) mass is 430 g/mol. The molecule has 2 heterocycles. The number of rotatable bonds is 6. The third-order valence-electron chi connectivity index (χ3n) is 6.68. The molecule has 5 rings (SSSR count). The number of nitrogens with two attached hydrogens (primary N) is 1. The number of fused-ring (bicyclic) bond motifs is 1. The molecular weight excluding hydrogens is 404 g/mol. The number of nitrogens with zero attached hydrogens (tertiary/aromatic N) is 2. The molecule has 0 spiro atoms. The molecule has 3 aromatic rings. The van der Waals surface area contributed by atoms with Crippen LogP contribution in [0.3, 0.4) is 0 Å². The van der Waals surface area contributed by atoms with Gasteiger partial charge < -0.3 is 16.2 Å². The summed E-state index contributed by atoms with van der Waals surface area (Å²) in [5.41, 5.74) is 9.21. The second-order valence-electron chi connectivity index (χ2n) is 8.86. The van der Waals surface area contributed by atoms with E-state index in [4.69, 9.17) is 5.73 Å². The Kier molecular flexibility index (Phi) is 5.13. The van der Waals surface area contributed by atoms with Crippen molar-refractivity contribution in [1.82, 2.24) is 9.97 Å². The van der Waals surface area contributed by atoms with Crippen molar-refractivity contribution >= 4 is 34.1 Å². The highest BCUT2D eigenvalue weighted by atomic mass is 16.3. The summed E-state index contributed by atoms with van der Waals surface area (Å²) in [5.74, 6) is 0.113. The highest BCUT2D eigenvalue weighted by Crippen LogP contribution is 2.45. The largest absolute Gasteiger partial charge is 0.393 e. The molecule has 0 radical (unpaired) electrons. The molecule has 0 bridgehead atoms. The van der Waals surface area contributed by atoms with Crippen LogP contribution in [0.4, 0.5) is 11.6 Å². The SMILES string of the molecule is CCc1ccccc1-c1cc2cc(NC(=O)[C@@H]3C[C@H]3C(=O)C3CC(O)C3)ncc2c(N)n1. The Hall–Kier alpha value is -3.32. The number of nitrogens with one attached hydrogen (secondary N) is 1. The van der Waals surface area contributed by atoms with E-state index in [1.165, 1.54) is 5.56 Å². The molecule has 2 aliphatic rings. The lowest BCUT2D eigenvalue weighted by molar-refractivity contribution is -0.132. The van der Waals surface area contributed by atoms with Gasteiger partial charge in [0.05, 0.1) is 11.8 Å². The fraction of sp³-hybridized carbons (Fsp3) is 0.360. The minimum atomic E-state index is -0.368. The van der Waals surface area contributed by atoms with Crippen LogP contribution in [0.1, 0.15) is 31.7 Å². The van der Waals surface area contributed by atoms with Crippen LogP contribution in [0, 0.1) is 17.8 Å². The number of hydrogen-bond donors (Lipinski definition) is 3. The molecule has 1 amide bonds. The van der Waals surface area contributed by atoms with Crippen LogP contribution < -0.4 is 11.1 Å². The molecule has 2 aromatic heterocycles. The molecule has 164 valence electrons. The van der Waals surface area contributed by atoms with Gasteiger partial charge in [-0.15, -0.1) is 0 Å². The Morgan fingerprint density at radius 2 is 1.94 bits per heavy atom. The highest BCUT2D eigenvalue weighted by molar-refractivity contribution is 6.02. The molecule has 32 heavy (non-hydrogen) atoms. The van der Waals surface area contributed by atoms with Crippen molar-refractivity contribution in [2.75, 3.05) is 11.1 Å². The van der Waals surface area contributed by atoms with Gasteiger partial charge in [0.25, 0.3) is 0 Å². The van der Waals surface area contributed by atoms with Gasteiger partial charge in [-0.3, -0.25) is 9.59 Å². The zero-order valence-electron chi connectivity index (χ0n) is 17.9. The van der Waals surface area contributed by atoms with Crippen LogP contribution in [0.2, 0.25) is 0 Å². The molecule has 0 unspecified atom stereocenters. The maximum Gasteiger partial charge on any atom is 0.229 e. The number of Topliss-reactive ketones (excluding diaryl/α,β-unsaturated/α-hetero) is 1. The number of anilines is 2. The quantitative estimate of drug-likeness (QED) is 0.552. The molecule has 2 fully saturated rings. The molecule has 2 saturated carbocycles. The number of aliphatic hydroxyl groups excluding tert-OH is 1. The van der Waals surface area contributed by atoms with Crippen LogP contribution in [0.5, 0.6) is 0 Å². The minimum absolute atomic E-state index is 0.0912. The van der Waals surface area contributed by atoms with Crippen molar-refractivity contribution in [2.24, 2.45) is 17.8 Å². The number of amides is 1. The predicted molar refractivity (Wildman–Crippen MR) is 123 cm³/mol. The first-order valence-corrected chi connectivity index (χ1v) is 11.1. The van der Waals surface area contributed by atoms with E-state index in [1.807, 2.05) is 24.3 Å². The summed E-state index contributed by atoms with van der Waals surface area (Å²) in [6.45, 7) is 2.10. The van der Waals surface area contributed by atoms with Crippen molar-refractivity contribution in [1.29, 1.82) is 0 Å². The zero-order valence-corrected chi connectivity index (χ0v) is 17.9. The summed E-state index contributed by atoms with van der Waals surface area (Å²) in [4.78, 5) is 34.0. The lowest BCUT2D eigenvalue weighted by Crippen LogP contribution is -2.35. The van der Waals surface area contributed by atoms with E-state index in [0.717, 1.165) is 28.5 Å². The average Bonchev–Trinajstić information content (AvgIpc) is 3.57.